The fourth-order valence-electron chi connectivity index (χ4n) is 4.78. The topological polar surface area (TPSA) is 48.0 Å². The van der Waals surface area contributed by atoms with Crippen molar-refractivity contribution < 1.29 is 19.0 Å². The van der Waals surface area contributed by atoms with Crippen LogP contribution in [0.4, 0.5) is 0 Å². The molecule has 0 aliphatic heterocycles. The maximum atomic E-state index is 12.2. The summed E-state index contributed by atoms with van der Waals surface area (Å²) in [6.45, 7) is 17.3. The van der Waals surface area contributed by atoms with E-state index in [1.807, 2.05) is 18.2 Å². The molecule has 5 nitrogen and oxygen atoms in total. The third-order valence-electron chi connectivity index (χ3n) is 7.46. The van der Waals surface area contributed by atoms with E-state index in [9.17, 15) is 4.79 Å². The molecule has 0 spiro atoms. The molecular formula is C36H67NO4. The van der Waals surface area contributed by atoms with Crippen molar-refractivity contribution in [1.82, 2.24) is 4.90 Å². The zero-order chi connectivity index (χ0) is 29.9. The zero-order valence-electron chi connectivity index (χ0n) is 26.9. The molecule has 0 aromatic carbocycles. The highest BCUT2D eigenvalue weighted by molar-refractivity contribution is 5.69. The van der Waals surface area contributed by atoms with Crippen molar-refractivity contribution in [2.24, 2.45) is 0 Å². The predicted octanol–water partition coefficient (Wildman–Crippen LogP) is 9.61. The summed E-state index contributed by atoms with van der Waals surface area (Å²) < 4.78 is 17.4. The molecule has 0 saturated carbocycles. The van der Waals surface area contributed by atoms with Crippen molar-refractivity contribution in [3.63, 3.8) is 0 Å². The third kappa shape index (κ3) is 32.9. The Morgan fingerprint density at radius 1 is 0.463 bits per heavy atom. The molecule has 0 heterocycles. The molecule has 0 amide bonds. The van der Waals surface area contributed by atoms with Gasteiger partial charge >= 0.3 is 5.97 Å². The first-order chi connectivity index (χ1) is 20.2. The van der Waals surface area contributed by atoms with Crippen LogP contribution in [0.2, 0.25) is 0 Å². The van der Waals surface area contributed by atoms with Gasteiger partial charge in [-0.05, 0) is 57.8 Å². The monoisotopic (exact) mass is 578 g/mol. The Hall–Kier alpha value is -1.43. The summed E-state index contributed by atoms with van der Waals surface area (Å²) in [6.07, 6.45) is 30.6. The van der Waals surface area contributed by atoms with Crippen LogP contribution in [-0.4, -0.2) is 63.5 Å². The van der Waals surface area contributed by atoms with Crippen molar-refractivity contribution in [3.05, 3.63) is 38.0 Å². The van der Waals surface area contributed by atoms with E-state index in [-0.39, 0.29) is 5.97 Å². The molecule has 0 aromatic rings. The van der Waals surface area contributed by atoms with E-state index in [4.69, 9.17) is 14.2 Å². The van der Waals surface area contributed by atoms with Crippen molar-refractivity contribution in [3.8, 4) is 0 Å². The van der Waals surface area contributed by atoms with E-state index < -0.39 is 0 Å². The number of carbonyl (C=O) groups excluding carboxylic acids is 1. The summed E-state index contributed by atoms with van der Waals surface area (Å²) in [4.78, 5) is 14.5. The van der Waals surface area contributed by atoms with Crippen LogP contribution in [0.15, 0.2) is 38.0 Å². The summed E-state index contributed by atoms with van der Waals surface area (Å²) in [5.74, 6) is -0.0717. The molecule has 0 bridgehead atoms. The number of allylic oxidation sites excluding steroid dienone is 3. The van der Waals surface area contributed by atoms with Crippen LogP contribution in [0.5, 0.6) is 0 Å². The first kappa shape index (κ1) is 39.6. The van der Waals surface area contributed by atoms with Gasteiger partial charge in [0.2, 0.25) is 0 Å². The first-order valence-electron chi connectivity index (χ1n) is 17.1. The van der Waals surface area contributed by atoms with Crippen LogP contribution in [-0.2, 0) is 19.0 Å². The molecular weight excluding hydrogens is 510 g/mol. The fourth-order valence-corrected chi connectivity index (χ4v) is 4.78. The second kappa shape index (κ2) is 34.8. The highest BCUT2D eigenvalue weighted by atomic mass is 16.5. The van der Waals surface area contributed by atoms with Crippen molar-refractivity contribution in [2.45, 2.75) is 135 Å². The number of unbranched alkanes of at least 4 members (excludes halogenated alkanes) is 17. The summed E-state index contributed by atoms with van der Waals surface area (Å²) in [7, 11) is 0. The lowest BCUT2D eigenvalue weighted by molar-refractivity contribution is -0.144. The van der Waals surface area contributed by atoms with Gasteiger partial charge in [-0.3, -0.25) is 9.69 Å². The summed E-state index contributed by atoms with van der Waals surface area (Å²) >= 11 is 0. The number of hydrogen-bond donors (Lipinski definition) is 0. The van der Waals surface area contributed by atoms with Crippen molar-refractivity contribution >= 4 is 5.97 Å². The van der Waals surface area contributed by atoms with Gasteiger partial charge in [0, 0.05) is 39.3 Å². The molecule has 0 radical (unpaired) electrons. The van der Waals surface area contributed by atoms with Crippen LogP contribution in [0.25, 0.3) is 0 Å². The largest absolute Gasteiger partial charge is 0.464 e. The Bertz CT molecular complexity index is 550. The van der Waals surface area contributed by atoms with Gasteiger partial charge in [0.05, 0.1) is 13.2 Å². The van der Waals surface area contributed by atoms with Crippen LogP contribution < -0.4 is 0 Å². The van der Waals surface area contributed by atoms with Crippen LogP contribution >= 0.6 is 0 Å². The molecule has 0 unspecified atom stereocenters. The van der Waals surface area contributed by atoms with E-state index in [1.165, 1.54) is 83.5 Å². The third-order valence-corrected chi connectivity index (χ3v) is 7.46. The van der Waals surface area contributed by atoms with E-state index in [1.54, 1.807) is 0 Å². The number of ether oxygens (including phenoxy) is 3. The van der Waals surface area contributed by atoms with Crippen molar-refractivity contribution in [1.29, 1.82) is 0 Å². The van der Waals surface area contributed by atoms with Gasteiger partial charge in [0.15, 0.2) is 0 Å². The second-order valence-corrected chi connectivity index (χ2v) is 11.3. The lowest BCUT2D eigenvalue weighted by Crippen LogP contribution is -2.34. The highest BCUT2D eigenvalue weighted by Crippen LogP contribution is 2.10. The van der Waals surface area contributed by atoms with Crippen LogP contribution in [0.1, 0.15) is 135 Å². The average molecular weight is 578 g/mol. The molecule has 0 atom stereocenters. The molecule has 0 N–H and O–H groups in total. The van der Waals surface area contributed by atoms with E-state index in [0.29, 0.717) is 26.2 Å². The Balaban J connectivity index is 4.04. The first-order valence-corrected chi connectivity index (χ1v) is 17.1. The molecule has 0 saturated heterocycles. The van der Waals surface area contributed by atoms with Gasteiger partial charge in [-0.25, -0.2) is 0 Å². The fraction of sp³-hybridized carbons (Fsp3) is 0.806. The van der Waals surface area contributed by atoms with Crippen LogP contribution in [0.3, 0.4) is 0 Å². The molecule has 5 heteroatoms. The standard InChI is InChI=1S/C36H67NO4/c1-4-7-10-13-16-19-22-25-31-39-33-28-37(29-34-40-32-26-23-20-17-14-11-8-5-2)30-35-41-36(38)27-24-21-18-15-12-9-6-3/h4-6H,1-3,7-35H2. The lowest BCUT2D eigenvalue weighted by Gasteiger charge is -2.22. The smallest absolute Gasteiger partial charge is 0.305 e. The van der Waals surface area contributed by atoms with Gasteiger partial charge in [-0.1, -0.05) is 88.9 Å². The maximum Gasteiger partial charge on any atom is 0.305 e. The molecule has 0 aliphatic rings. The minimum Gasteiger partial charge on any atom is -0.464 e. The molecule has 0 fully saturated rings. The summed E-state index contributed by atoms with van der Waals surface area (Å²) in [5, 5.41) is 0. The SMILES string of the molecule is C=CCCCCCCCCOCCN(CCOCCCCCCCCC=C)CCOC(=O)CCCCCCCC=C. The quantitative estimate of drug-likeness (QED) is 0.0426. The van der Waals surface area contributed by atoms with Gasteiger partial charge in [-0.2, -0.15) is 0 Å². The number of nitrogens with zero attached hydrogens (tertiary/aromatic N) is 1. The highest BCUT2D eigenvalue weighted by Gasteiger charge is 2.08. The molecule has 41 heavy (non-hydrogen) atoms. The lowest BCUT2D eigenvalue weighted by atomic mass is 10.1. The van der Waals surface area contributed by atoms with Gasteiger partial charge < -0.3 is 14.2 Å². The molecule has 0 aromatic heterocycles. The Kier molecular flexibility index (Phi) is 33.6. The van der Waals surface area contributed by atoms with Gasteiger partial charge in [-0.15, -0.1) is 19.7 Å². The minimum atomic E-state index is -0.0717. The summed E-state index contributed by atoms with van der Waals surface area (Å²) in [6, 6.07) is 0. The average Bonchev–Trinajstić information content (AvgIpc) is 2.97. The van der Waals surface area contributed by atoms with Crippen molar-refractivity contribution in [2.75, 3.05) is 52.7 Å². The maximum absolute atomic E-state index is 12.2. The molecule has 240 valence electrons. The second-order valence-electron chi connectivity index (χ2n) is 11.3. The Morgan fingerprint density at radius 2 is 0.829 bits per heavy atom. The van der Waals surface area contributed by atoms with Gasteiger partial charge in [0.1, 0.15) is 6.61 Å². The number of rotatable bonds is 35. The van der Waals surface area contributed by atoms with E-state index in [2.05, 4.69) is 24.6 Å². The van der Waals surface area contributed by atoms with E-state index >= 15 is 0 Å². The van der Waals surface area contributed by atoms with E-state index in [0.717, 1.165) is 77.8 Å². The zero-order valence-corrected chi connectivity index (χ0v) is 26.9. The minimum absolute atomic E-state index is 0.0717. The normalized spacial score (nSPS) is 11.1. The molecule has 0 rings (SSSR count). The Morgan fingerprint density at radius 3 is 1.27 bits per heavy atom. The van der Waals surface area contributed by atoms with Gasteiger partial charge in [0.25, 0.3) is 0 Å². The predicted molar refractivity (Wildman–Crippen MR) is 177 cm³/mol. The Labute approximate surface area is 255 Å². The number of carbonyl (C=O) groups is 1. The summed E-state index contributed by atoms with van der Waals surface area (Å²) in [5.41, 5.74) is 0. The number of hydrogen-bond acceptors (Lipinski definition) is 5. The van der Waals surface area contributed by atoms with Crippen LogP contribution in [0, 0.1) is 0 Å². The number of esters is 1. The molecule has 0 aliphatic carbocycles.